The summed E-state index contributed by atoms with van der Waals surface area (Å²) in [5.74, 6) is -0.910. The van der Waals surface area contributed by atoms with E-state index in [1.54, 1.807) is 6.92 Å². The molecule has 0 radical (unpaired) electrons. The van der Waals surface area contributed by atoms with Gasteiger partial charge in [0.2, 0.25) is 0 Å². The summed E-state index contributed by atoms with van der Waals surface area (Å²) in [5, 5.41) is -0.435. The normalized spacial score (nSPS) is 22.8. The Kier molecular flexibility index (Phi) is 4.13. The molecule has 0 unspecified atom stereocenters. The quantitative estimate of drug-likeness (QED) is 0.803. The van der Waals surface area contributed by atoms with Gasteiger partial charge in [-0.3, -0.25) is 0 Å². The lowest BCUT2D eigenvalue weighted by molar-refractivity contribution is 0.0318. The summed E-state index contributed by atoms with van der Waals surface area (Å²) in [4.78, 5) is 11.9. The van der Waals surface area contributed by atoms with Crippen LogP contribution >= 0.6 is 0 Å². The third kappa shape index (κ3) is 3.36. The van der Waals surface area contributed by atoms with Crippen LogP contribution in [0.3, 0.4) is 0 Å². The molecule has 0 amide bonds. The predicted molar refractivity (Wildman–Crippen MR) is 72.8 cm³/mol. The highest BCUT2D eigenvalue weighted by Gasteiger charge is 2.33. The molecule has 2 rings (SSSR count). The molecule has 1 aromatic carbocycles. The van der Waals surface area contributed by atoms with Crippen molar-refractivity contribution in [1.82, 2.24) is 0 Å². The van der Waals surface area contributed by atoms with Crippen molar-refractivity contribution in [2.75, 3.05) is 6.26 Å². The molecule has 0 spiro atoms. The summed E-state index contributed by atoms with van der Waals surface area (Å²) in [5.41, 5.74) is 0.659. The minimum absolute atomic E-state index is 0.284. The SMILES string of the molecule is Cc1cc(C(=O)O[C@@H]2CC[C@@H](S(C)(=O)=O)C2)ccc1F. The van der Waals surface area contributed by atoms with Crippen molar-refractivity contribution in [1.29, 1.82) is 0 Å². The van der Waals surface area contributed by atoms with E-state index in [9.17, 15) is 17.6 Å². The topological polar surface area (TPSA) is 60.4 Å². The zero-order valence-electron chi connectivity index (χ0n) is 11.4. The van der Waals surface area contributed by atoms with Crippen LogP contribution in [0.25, 0.3) is 0 Å². The number of aryl methyl sites for hydroxylation is 1. The minimum Gasteiger partial charge on any atom is -0.459 e. The van der Waals surface area contributed by atoms with Gasteiger partial charge in [-0.15, -0.1) is 0 Å². The monoisotopic (exact) mass is 300 g/mol. The Morgan fingerprint density at radius 3 is 2.60 bits per heavy atom. The largest absolute Gasteiger partial charge is 0.459 e. The number of sulfone groups is 1. The molecule has 1 aromatic rings. The van der Waals surface area contributed by atoms with Gasteiger partial charge in [-0.1, -0.05) is 0 Å². The number of benzene rings is 1. The van der Waals surface area contributed by atoms with Gasteiger partial charge >= 0.3 is 5.97 Å². The zero-order chi connectivity index (χ0) is 14.9. The summed E-state index contributed by atoms with van der Waals surface area (Å²) in [6, 6.07) is 4.02. The van der Waals surface area contributed by atoms with E-state index in [0.717, 1.165) is 0 Å². The maximum atomic E-state index is 13.1. The van der Waals surface area contributed by atoms with Crippen molar-refractivity contribution in [2.45, 2.75) is 37.5 Å². The first-order valence-electron chi connectivity index (χ1n) is 6.43. The van der Waals surface area contributed by atoms with Gasteiger partial charge in [0.15, 0.2) is 0 Å². The van der Waals surface area contributed by atoms with Crippen molar-refractivity contribution >= 4 is 15.8 Å². The second-order valence-corrected chi connectivity index (χ2v) is 7.58. The third-order valence-corrected chi connectivity index (χ3v) is 5.25. The van der Waals surface area contributed by atoms with Crippen LogP contribution in [0.5, 0.6) is 0 Å². The molecule has 4 nitrogen and oxygen atoms in total. The number of halogens is 1. The van der Waals surface area contributed by atoms with Gasteiger partial charge in [-0.25, -0.2) is 17.6 Å². The highest BCUT2D eigenvalue weighted by Crippen LogP contribution is 2.28. The Morgan fingerprint density at radius 1 is 1.35 bits per heavy atom. The number of hydrogen-bond acceptors (Lipinski definition) is 4. The molecule has 0 bridgehead atoms. The predicted octanol–water partition coefficient (Wildman–Crippen LogP) is 2.26. The van der Waals surface area contributed by atoms with Crippen LogP contribution in [0.1, 0.15) is 35.2 Å². The van der Waals surface area contributed by atoms with Crippen LogP contribution in [0.4, 0.5) is 4.39 Å². The number of carbonyl (C=O) groups is 1. The fraction of sp³-hybridized carbons (Fsp3) is 0.500. The Morgan fingerprint density at radius 2 is 2.05 bits per heavy atom. The zero-order valence-corrected chi connectivity index (χ0v) is 12.2. The molecule has 1 aliphatic rings. The van der Waals surface area contributed by atoms with E-state index < -0.39 is 21.1 Å². The molecule has 1 aliphatic carbocycles. The van der Waals surface area contributed by atoms with Gasteiger partial charge in [-0.05, 0) is 43.5 Å². The number of esters is 1. The highest BCUT2D eigenvalue weighted by molar-refractivity contribution is 7.91. The Labute approximate surface area is 117 Å². The molecular formula is C14H17FO4S. The summed E-state index contributed by atoms with van der Waals surface area (Å²) in [6.07, 6.45) is 2.21. The van der Waals surface area contributed by atoms with Crippen LogP contribution in [0, 0.1) is 12.7 Å². The number of ether oxygens (including phenoxy) is 1. The first-order chi connectivity index (χ1) is 9.27. The lowest BCUT2D eigenvalue weighted by Crippen LogP contribution is -2.20. The second kappa shape index (κ2) is 5.52. The van der Waals surface area contributed by atoms with Crippen molar-refractivity contribution in [3.05, 3.63) is 35.1 Å². The average Bonchev–Trinajstić information content (AvgIpc) is 2.81. The van der Waals surface area contributed by atoms with Gasteiger partial charge in [0.05, 0.1) is 10.8 Å². The molecule has 1 saturated carbocycles. The van der Waals surface area contributed by atoms with Crippen LogP contribution in [-0.2, 0) is 14.6 Å². The smallest absolute Gasteiger partial charge is 0.338 e. The molecule has 0 saturated heterocycles. The Bertz CT molecular complexity index is 624. The van der Waals surface area contributed by atoms with Gasteiger partial charge in [0, 0.05) is 12.7 Å². The summed E-state index contributed by atoms with van der Waals surface area (Å²) in [6.45, 7) is 1.57. The van der Waals surface area contributed by atoms with E-state index in [-0.39, 0.29) is 17.5 Å². The summed E-state index contributed by atoms with van der Waals surface area (Å²) >= 11 is 0. The van der Waals surface area contributed by atoms with E-state index in [0.29, 0.717) is 24.8 Å². The van der Waals surface area contributed by atoms with E-state index in [4.69, 9.17) is 4.74 Å². The lowest BCUT2D eigenvalue weighted by Gasteiger charge is -2.12. The molecule has 0 aromatic heterocycles. The van der Waals surface area contributed by atoms with Gasteiger partial charge in [-0.2, -0.15) is 0 Å². The maximum Gasteiger partial charge on any atom is 0.338 e. The third-order valence-electron chi connectivity index (χ3n) is 3.61. The van der Waals surface area contributed by atoms with Gasteiger partial charge < -0.3 is 4.74 Å². The van der Waals surface area contributed by atoms with Crippen molar-refractivity contribution in [3.8, 4) is 0 Å². The number of carbonyl (C=O) groups excluding carboxylic acids is 1. The van der Waals surface area contributed by atoms with Crippen LogP contribution < -0.4 is 0 Å². The van der Waals surface area contributed by atoms with E-state index >= 15 is 0 Å². The summed E-state index contributed by atoms with van der Waals surface area (Å²) in [7, 11) is -3.09. The van der Waals surface area contributed by atoms with E-state index in [1.165, 1.54) is 24.5 Å². The molecule has 0 N–H and O–H groups in total. The molecule has 2 atom stereocenters. The van der Waals surface area contributed by atoms with Crippen LogP contribution in [-0.4, -0.2) is 32.0 Å². The van der Waals surface area contributed by atoms with Crippen molar-refractivity contribution < 1.29 is 22.3 Å². The molecule has 6 heteroatoms. The van der Waals surface area contributed by atoms with E-state index in [2.05, 4.69) is 0 Å². The maximum absolute atomic E-state index is 13.1. The second-order valence-electron chi connectivity index (χ2n) is 5.26. The van der Waals surface area contributed by atoms with E-state index in [1.807, 2.05) is 0 Å². The van der Waals surface area contributed by atoms with Crippen molar-refractivity contribution in [2.24, 2.45) is 0 Å². The fourth-order valence-corrected chi connectivity index (χ4v) is 3.52. The first-order valence-corrected chi connectivity index (χ1v) is 8.39. The first kappa shape index (κ1) is 15.0. The van der Waals surface area contributed by atoms with Crippen LogP contribution in [0.15, 0.2) is 18.2 Å². The summed E-state index contributed by atoms with van der Waals surface area (Å²) < 4.78 is 41.3. The molecule has 0 heterocycles. The highest BCUT2D eigenvalue weighted by atomic mass is 32.2. The van der Waals surface area contributed by atoms with Gasteiger partial charge in [0.25, 0.3) is 0 Å². The lowest BCUT2D eigenvalue weighted by atomic mass is 10.1. The van der Waals surface area contributed by atoms with Gasteiger partial charge in [0.1, 0.15) is 21.8 Å². The fourth-order valence-electron chi connectivity index (χ4n) is 2.39. The van der Waals surface area contributed by atoms with Crippen LogP contribution in [0.2, 0.25) is 0 Å². The number of hydrogen-bond donors (Lipinski definition) is 0. The number of rotatable bonds is 3. The molecular weight excluding hydrogens is 283 g/mol. The molecule has 1 fully saturated rings. The Balaban J connectivity index is 2.01. The molecule has 110 valence electrons. The molecule has 20 heavy (non-hydrogen) atoms. The average molecular weight is 300 g/mol. The Hall–Kier alpha value is -1.43. The standard InChI is InChI=1S/C14H17FO4S/c1-9-7-10(3-6-13(9)15)14(16)19-11-4-5-12(8-11)20(2,17)18/h3,6-7,11-12H,4-5,8H2,1-2H3/t11-,12-/m1/s1. The molecule has 0 aliphatic heterocycles. The van der Waals surface area contributed by atoms with Crippen molar-refractivity contribution in [3.63, 3.8) is 0 Å². The minimum atomic E-state index is -3.09.